The molecule has 0 unspecified atom stereocenters. The summed E-state index contributed by atoms with van der Waals surface area (Å²) in [7, 11) is 0.822. The van der Waals surface area contributed by atoms with Gasteiger partial charge in [-0.1, -0.05) is 0 Å². The van der Waals surface area contributed by atoms with Crippen LogP contribution in [0.5, 0.6) is 0 Å². The average Bonchev–Trinajstić information content (AvgIpc) is 0.918. The van der Waals surface area contributed by atoms with E-state index < -0.39 is 0 Å². The molecule has 7 heteroatoms. The van der Waals surface area contributed by atoms with Gasteiger partial charge < -0.3 is 0 Å². The molecule has 44 valence electrons. The van der Waals surface area contributed by atoms with Gasteiger partial charge in [-0.3, -0.25) is 0 Å². The molecular weight excluding hydrogens is 371 g/mol. The summed E-state index contributed by atoms with van der Waals surface area (Å²) in [6, 6.07) is 0. The Morgan fingerprint density at radius 2 is 1.43 bits per heavy atom. The van der Waals surface area contributed by atoms with Crippen molar-refractivity contribution in [3.05, 3.63) is 0 Å². The maximum Gasteiger partial charge on any atom is 0.316 e. The zero-order valence-corrected chi connectivity index (χ0v) is 10.3. The molecule has 0 bridgehead atoms. The van der Waals surface area contributed by atoms with E-state index in [0.29, 0.717) is 0 Å². The maximum absolute atomic E-state index is 3.52. The first-order valence-electron chi connectivity index (χ1n) is 0.288. The van der Waals surface area contributed by atoms with Gasteiger partial charge in [-0.05, 0) is 0 Å². The van der Waals surface area contributed by atoms with E-state index in [-0.39, 0.29) is 68.0 Å². The summed E-state index contributed by atoms with van der Waals surface area (Å²) in [6.45, 7) is 0. The largest absolute Gasteiger partial charge is 0.316 e. The average molecular weight is 376 g/mol. The molecule has 0 heterocycles. The van der Waals surface area contributed by atoms with E-state index in [1.54, 1.807) is 0 Å². The normalized spacial score (nSPS) is 2.43. The molecule has 0 aromatic rings. The van der Waals surface area contributed by atoms with Crippen LogP contribution in [0.4, 0.5) is 0 Å². The van der Waals surface area contributed by atoms with Crippen molar-refractivity contribution in [3.8, 4) is 0 Å². The molecule has 0 atom stereocenters. The Kier molecular flexibility index (Phi) is 147. The molecule has 0 saturated heterocycles. The van der Waals surface area contributed by atoms with E-state index in [2.05, 4.69) is 14.2 Å². The third-order valence-electron chi connectivity index (χ3n) is 0. The third-order valence-corrected chi connectivity index (χ3v) is 0. The summed E-state index contributed by atoms with van der Waals surface area (Å²) in [5.74, 6) is 0. The van der Waals surface area contributed by atoms with E-state index in [0.717, 1.165) is 10.5 Å². The fraction of sp³-hybridized carbons (Fsp3) is 0. The molecule has 0 aromatic carbocycles. The topological polar surface area (TPSA) is 0 Å². The van der Waals surface area contributed by atoms with E-state index in [9.17, 15) is 0 Å². The summed E-state index contributed by atoms with van der Waals surface area (Å²) >= 11 is 5.51. The van der Waals surface area contributed by atoms with Crippen LogP contribution in [0.1, 0.15) is 0 Å². The Morgan fingerprint density at radius 1 is 1.43 bits per heavy atom. The quantitative estimate of drug-likeness (QED) is 0.425. The summed E-state index contributed by atoms with van der Waals surface area (Å²) in [5, 5.41) is 0. The van der Waals surface area contributed by atoms with Gasteiger partial charge in [0.1, 0.15) is 0 Å². The second-order valence-corrected chi connectivity index (χ2v) is 5.49. The van der Waals surface area contributed by atoms with Crippen LogP contribution in [-0.4, -0.2) is 31.5 Å². The van der Waals surface area contributed by atoms with Crippen LogP contribution in [0.15, 0.2) is 0 Å². The molecule has 0 aliphatic carbocycles. The van der Waals surface area contributed by atoms with Crippen LogP contribution < -0.4 is 0 Å². The summed E-state index contributed by atoms with van der Waals surface area (Å²) in [4.78, 5) is 0. The number of hydrogen-bond donors (Lipinski definition) is 0. The first-order valence-corrected chi connectivity index (χ1v) is 6.04. The predicted octanol–water partition coefficient (Wildman–Crippen LogP) is -2.11. The second kappa shape index (κ2) is 33.2. The van der Waals surface area contributed by atoms with Crippen LogP contribution in [0.3, 0.4) is 0 Å². The van der Waals surface area contributed by atoms with Crippen molar-refractivity contribution in [1.29, 1.82) is 0 Å². The van der Waals surface area contributed by atoms with Crippen molar-refractivity contribution < 1.29 is 79.0 Å². The predicted molar refractivity (Wildman–Crippen MR) is 18.5 cm³/mol. The van der Waals surface area contributed by atoms with Gasteiger partial charge in [-0.15, -0.1) is 0 Å². The standard InChI is InChI=1S/BH3.Cu.Fe.Mg.Mn.Mo.Zn.2H/h1H3;;;;;;;;. The van der Waals surface area contributed by atoms with Crippen molar-refractivity contribution in [2.45, 2.75) is 0 Å². The van der Waals surface area contributed by atoms with Crippen LogP contribution in [0, 0.1) is 0 Å². The third kappa shape index (κ3) is 42.0. The van der Waals surface area contributed by atoms with E-state index in [4.69, 9.17) is 0 Å². The Balaban J connectivity index is -0.00000000333. The molecular formula is H5BCuFeMgMnMoZn. The van der Waals surface area contributed by atoms with Gasteiger partial charge in [0.15, 0.2) is 0 Å². The van der Waals surface area contributed by atoms with Gasteiger partial charge in [-0.2, -0.15) is 0 Å². The zero-order chi connectivity index (χ0) is 2.71. The Hall–Kier alpha value is 3.70. The molecule has 0 fully saturated rings. The van der Waals surface area contributed by atoms with Gasteiger partial charge in [0.05, 0.1) is 8.41 Å². The molecule has 0 amide bonds. The molecule has 7 heavy (non-hydrogen) atoms. The van der Waals surface area contributed by atoms with Crippen molar-refractivity contribution in [1.82, 2.24) is 0 Å². The molecule has 0 aliphatic rings. The summed E-state index contributed by atoms with van der Waals surface area (Å²) in [6.07, 6.45) is 0. The van der Waals surface area contributed by atoms with E-state index in [1.165, 1.54) is 0 Å². The number of hydrogen-bond acceptors (Lipinski definition) is 0. The Labute approximate surface area is 108 Å². The zero-order valence-electron chi connectivity index (χ0n) is 2.15. The summed E-state index contributed by atoms with van der Waals surface area (Å²) < 4.78 is 0. The molecule has 0 aromatic heterocycles. The van der Waals surface area contributed by atoms with Crippen molar-refractivity contribution in [2.24, 2.45) is 0 Å². The molecule has 0 saturated carbocycles. The van der Waals surface area contributed by atoms with Gasteiger partial charge in [0.2, 0.25) is 0 Å². The second-order valence-electron chi connectivity index (χ2n) is 0.0546. The Bertz CT molecular complexity index is 19.7. The van der Waals surface area contributed by atoms with Crippen LogP contribution in [0.2, 0.25) is 0 Å². The van der Waals surface area contributed by atoms with Crippen molar-refractivity contribution in [2.75, 3.05) is 0 Å². The molecule has 0 spiro atoms. The minimum Gasteiger partial charge on any atom is 0 e. The van der Waals surface area contributed by atoms with Gasteiger partial charge in [0.25, 0.3) is 0 Å². The van der Waals surface area contributed by atoms with Crippen molar-refractivity contribution in [3.63, 3.8) is 0 Å². The first-order chi connectivity index (χ1) is 1.41. The fourth-order valence-corrected chi connectivity index (χ4v) is 0. The van der Waals surface area contributed by atoms with E-state index in [1.807, 2.05) is 17.7 Å². The summed E-state index contributed by atoms with van der Waals surface area (Å²) in [5.41, 5.74) is 0. The monoisotopic (exact) mass is 376 g/mol. The van der Waals surface area contributed by atoms with E-state index >= 15 is 0 Å². The fourth-order valence-electron chi connectivity index (χ4n) is 0. The maximum atomic E-state index is 3.52. The molecule has 0 N–H and O–H groups in total. The molecule has 1 radical (unpaired) electrons. The van der Waals surface area contributed by atoms with Crippen molar-refractivity contribution >= 4 is 31.5 Å². The molecule has 0 aliphatic heterocycles. The molecule has 0 rings (SSSR count). The van der Waals surface area contributed by atoms with Crippen LogP contribution in [-0.2, 0) is 79.0 Å². The van der Waals surface area contributed by atoms with Crippen LogP contribution >= 0.6 is 0 Å². The van der Waals surface area contributed by atoms with Gasteiger partial charge >= 0.3 is 65.5 Å². The number of rotatable bonds is 0. The van der Waals surface area contributed by atoms with Crippen LogP contribution in [0.25, 0.3) is 0 Å². The minimum absolute atomic E-state index is 0. The first kappa shape index (κ1) is 31.0. The SMILES string of the molecule is B.[Cu].[Fe][Mn][Mo].[MgH2].[Zn]. The van der Waals surface area contributed by atoms with Gasteiger partial charge in [0, 0.05) is 36.5 Å². The Morgan fingerprint density at radius 3 is 1.43 bits per heavy atom. The smallest absolute Gasteiger partial charge is 0 e. The van der Waals surface area contributed by atoms with Gasteiger partial charge in [-0.25, -0.2) is 0 Å². The molecule has 0 nitrogen and oxygen atoms in total. The minimum atomic E-state index is 0.